The van der Waals surface area contributed by atoms with Gasteiger partial charge in [0.15, 0.2) is 4.34 Å². The van der Waals surface area contributed by atoms with Crippen LogP contribution >= 0.6 is 23.1 Å². The molecular weight excluding hydrogens is 438 g/mol. The van der Waals surface area contributed by atoms with Crippen LogP contribution < -0.4 is 5.32 Å². The maximum Gasteiger partial charge on any atom is 0.227 e. The maximum atomic E-state index is 12.7. The van der Waals surface area contributed by atoms with Gasteiger partial charge in [-0.25, -0.2) is 17.7 Å². The first-order valence-corrected chi connectivity index (χ1v) is 13.6. The number of benzene rings is 1. The topological polar surface area (TPSA) is 79.4 Å². The number of hydrogen-bond donors (Lipinski definition) is 1. The molecule has 0 atom stereocenters. The summed E-state index contributed by atoms with van der Waals surface area (Å²) in [7, 11) is -3.19. The number of piperidine rings is 1. The lowest BCUT2D eigenvalue weighted by Gasteiger charge is -2.30. The van der Waals surface area contributed by atoms with Crippen LogP contribution in [0.1, 0.15) is 43.9 Å². The van der Waals surface area contributed by atoms with Gasteiger partial charge in [0.25, 0.3) is 0 Å². The lowest BCUT2D eigenvalue weighted by Crippen LogP contribution is -2.42. The van der Waals surface area contributed by atoms with Gasteiger partial charge < -0.3 is 5.32 Å². The monoisotopic (exact) mass is 467 g/mol. The third kappa shape index (κ3) is 6.06. The van der Waals surface area contributed by atoms with Gasteiger partial charge in [0, 0.05) is 40.7 Å². The van der Waals surface area contributed by atoms with Gasteiger partial charge >= 0.3 is 0 Å². The Kier molecular flexibility index (Phi) is 7.95. The van der Waals surface area contributed by atoms with Crippen LogP contribution in [-0.4, -0.2) is 42.5 Å². The lowest BCUT2D eigenvalue weighted by molar-refractivity contribution is -0.120. The second-order valence-electron chi connectivity index (χ2n) is 7.67. The van der Waals surface area contributed by atoms with Crippen LogP contribution in [0.25, 0.3) is 0 Å². The molecule has 3 rings (SSSR count). The number of carbonyl (C=O) groups excluding carboxylic acids is 1. The highest BCUT2D eigenvalue weighted by Crippen LogP contribution is 2.32. The molecule has 9 heteroatoms. The zero-order valence-electron chi connectivity index (χ0n) is 17.7. The van der Waals surface area contributed by atoms with E-state index in [1.54, 1.807) is 27.4 Å². The zero-order valence-corrected chi connectivity index (χ0v) is 20.1. The van der Waals surface area contributed by atoms with E-state index >= 15 is 0 Å². The van der Waals surface area contributed by atoms with Gasteiger partial charge in [0.1, 0.15) is 0 Å². The van der Waals surface area contributed by atoms with Gasteiger partial charge in [0.05, 0.1) is 5.75 Å². The largest absolute Gasteiger partial charge is 0.326 e. The number of sulfonamides is 1. The Bertz CT molecular complexity index is 980. The standard InChI is InChI=1S/C21H29N3O3S3/c1-4-5-12-30(26,27)24-10-8-17(9-11-24)20(25)23-19-7-6-18(13-15(19)2)29-21-22-16(3)14-28-21/h6-7,13-14,17H,4-5,8-12H2,1-3H3,(H,23,25). The highest BCUT2D eigenvalue weighted by atomic mass is 32.2. The number of hydrogen-bond acceptors (Lipinski definition) is 6. The van der Waals surface area contributed by atoms with Crippen molar-refractivity contribution in [2.24, 2.45) is 5.92 Å². The number of nitrogens with one attached hydrogen (secondary N) is 1. The molecule has 1 aromatic carbocycles. The quantitative estimate of drug-likeness (QED) is 0.609. The van der Waals surface area contributed by atoms with Crippen molar-refractivity contribution < 1.29 is 13.2 Å². The number of amides is 1. The van der Waals surface area contributed by atoms with Gasteiger partial charge in [-0.3, -0.25) is 4.79 Å². The number of thiazole rings is 1. The van der Waals surface area contributed by atoms with Crippen molar-refractivity contribution >= 4 is 44.7 Å². The molecule has 1 aliphatic heterocycles. The average Bonchev–Trinajstić information content (AvgIpc) is 3.13. The highest BCUT2D eigenvalue weighted by molar-refractivity contribution is 8.01. The molecule has 0 radical (unpaired) electrons. The van der Waals surface area contributed by atoms with Crippen molar-refractivity contribution in [2.75, 3.05) is 24.2 Å². The third-order valence-corrected chi connectivity index (χ3v) is 9.24. The number of aryl methyl sites for hydroxylation is 2. The summed E-state index contributed by atoms with van der Waals surface area (Å²) in [5.74, 6) is 0.0128. The molecule has 0 bridgehead atoms. The minimum absolute atomic E-state index is 0.0281. The molecule has 30 heavy (non-hydrogen) atoms. The van der Waals surface area contributed by atoms with Crippen LogP contribution in [0.4, 0.5) is 5.69 Å². The normalized spacial score (nSPS) is 16.0. The van der Waals surface area contributed by atoms with Gasteiger partial charge in [-0.15, -0.1) is 11.3 Å². The summed E-state index contributed by atoms with van der Waals surface area (Å²) >= 11 is 3.24. The molecule has 0 unspecified atom stereocenters. The Labute approximate surface area is 187 Å². The summed E-state index contributed by atoms with van der Waals surface area (Å²) in [5.41, 5.74) is 2.83. The van der Waals surface area contributed by atoms with Crippen molar-refractivity contribution in [3.63, 3.8) is 0 Å². The molecule has 1 aromatic heterocycles. The highest BCUT2D eigenvalue weighted by Gasteiger charge is 2.30. The number of carbonyl (C=O) groups is 1. The minimum Gasteiger partial charge on any atom is -0.326 e. The number of rotatable bonds is 8. The van der Waals surface area contributed by atoms with Crippen LogP contribution in [0.2, 0.25) is 0 Å². The predicted octanol–water partition coefficient (Wildman–Crippen LogP) is 4.69. The van der Waals surface area contributed by atoms with E-state index in [2.05, 4.69) is 16.4 Å². The maximum absolute atomic E-state index is 12.7. The third-order valence-electron chi connectivity index (χ3n) is 5.23. The van der Waals surface area contributed by atoms with E-state index in [9.17, 15) is 13.2 Å². The van der Waals surface area contributed by atoms with Crippen LogP contribution in [0, 0.1) is 19.8 Å². The summed E-state index contributed by atoms with van der Waals surface area (Å²) in [6.45, 7) is 6.79. The number of aromatic nitrogens is 1. The number of nitrogens with zero attached hydrogens (tertiary/aromatic N) is 2. The fraction of sp³-hybridized carbons (Fsp3) is 0.524. The first-order chi connectivity index (χ1) is 14.3. The molecule has 1 aliphatic rings. The van der Waals surface area contributed by atoms with Crippen LogP contribution in [0.15, 0.2) is 32.8 Å². The van der Waals surface area contributed by atoms with E-state index in [1.165, 1.54) is 0 Å². The summed E-state index contributed by atoms with van der Waals surface area (Å²) in [6.07, 6.45) is 2.66. The van der Waals surface area contributed by atoms with Crippen LogP contribution in [0.5, 0.6) is 0 Å². The van der Waals surface area contributed by atoms with Gasteiger partial charge in [-0.05, 0) is 56.9 Å². The fourth-order valence-electron chi connectivity index (χ4n) is 3.41. The van der Waals surface area contributed by atoms with Gasteiger partial charge in [-0.2, -0.15) is 0 Å². The molecular formula is C21H29N3O3S3. The average molecular weight is 468 g/mol. The van der Waals surface area contributed by atoms with E-state index in [-0.39, 0.29) is 17.6 Å². The lowest BCUT2D eigenvalue weighted by atomic mass is 9.97. The first-order valence-electron chi connectivity index (χ1n) is 10.3. The first kappa shape index (κ1) is 23.2. The molecule has 164 valence electrons. The molecule has 6 nitrogen and oxygen atoms in total. The van der Waals surface area contributed by atoms with E-state index in [4.69, 9.17) is 0 Å². The van der Waals surface area contributed by atoms with E-state index in [0.29, 0.717) is 32.4 Å². The molecule has 0 aliphatic carbocycles. The minimum atomic E-state index is -3.19. The molecule has 2 heterocycles. The Morgan fingerprint density at radius 2 is 2.03 bits per heavy atom. The Morgan fingerprint density at radius 1 is 1.30 bits per heavy atom. The zero-order chi connectivity index (χ0) is 21.7. The Morgan fingerprint density at radius 3 is 2.63 bits per heavy atom. The van der Waals surface area contributed by atoms with Gasteiger partial charge in [-0.1, -0.05) is 25.1 Å². The molecule has 1 amide bonds. The summed E-state index contributed by atoms with van der Waals surface area (Å²) < 4.78 is 27.2. The second-order valence-corrected chi connectivity index (χ2v) is 11.9. The summed E-state index contributed by atoms with van der Waals surface area (Å²) in [6, 6.07) is 5.98. The Hall–Kier alpha value is -1.42. The molecule has 2 aromatic rings. The summed E-state index contributed by atoms with van der Waals surface area (Å²) in [5, 5.41) is 5.07. The van der Waals surface area contributed by atoms with E-state index in [0.717, 1.165) is 32.6 Å². The Balaban J connectivity index is 1.55. The van der Waals surface area contributed by atoms with Crippen molar-refractivity contribution in [2.45, 2.75) is 55.7 Å². The molecule has 0 spiro atoms. The molecule has 1 saturated heterocycles. The predicted molar refractivity (Wildman–Crippen MR) is 124 cm³/mol. The number of anilines is 1. The smallest absolute Gasteiger partial charge is 0.227 e. The van der Waals surface area contributed by atoms with Crippen LogP contribution in [0.3, 0.4) is 0 Å². The molecule has 1 fully saturated rings. The van der Waals surface area contributed by atoms with Crippen LogP contribution in [-0.2, 0) is 14.8 Å². The fourth-order valence-corrected chi connectivity index (χ4v) is 6.99. The second kappa shape index (κ2) is 10.3. The molecule has 1 N–H and O–H groups in total. The van der Waals surface area contributed by atoms with Crippen molar-refractivity contribution in [3.05, 3.63) is 34.8 Å². The van der Waals surface area contributed by atoms with E-state index < -0.39 is 10.0 Å². The summed E-state index contributed by atoms with van der Waals surface area (Å²) in [4.78, 5) is 18.3. The van der Waals surface area contributed by atoms with Crippen molar-refractivity contribution in [1.82, 2.24) is 9.29 Å². The van der Waals surface area contributed by atoms with E-state index in [1.807, 2.05) is 38.3 Å². The SMILES string of the molecule is CCCCS(=O)(=O)N1CCC(C(=O)Nc2ccc(Sc3nc(C)cs3)cc2C)CC1. The van der Waals surface area contributed by atoms with Crippen molar-refractivity contribution in [1.29, 1.82) is 0 Å². The van der Waals surface area contributed by atoms with Crippen molar-refractivity contribution in [3.8, 4) is 0 Å². The number of unbranched alkanes of at least 4 members (excludes halogenated alkanes) is 1. The van der Waals surface area contributed by atoms with Gasteiger partial charge in [0.2, 0.25) is 15.9 Å². The molecule has 0 saturated carbocycles.